The number of fused-ring (bicyclic) bond motifs is 10. The smallest absolute Gasteiger partial charge is 0.161 e. The lowest BCUT2D eigenvalue weighted by Crippen LogP contribution is -1.99. The lowest BCUT2D eigenvalue weighted by Gasteiger charge is -2.14. The van der Waals surface area contributed by atoms with E-state index in [2.05, 4.69) is 180 Å². The van der Waals surface area contributed by atoms with Gasteiger partial charge in [0.15, 0.2) is 5.82 Å². The van der Waals surface area contributed by atoms with Crippen molar-refractivity contribution in [3.8, 4) is 50.7 Å². The number of para-hydroxylation sites is 4. The van der Waals surface area contributed by atoms with Crippen LogP contribution in [0, 0.1) is 0 Å². The third-order valence-corrected chi connectivity index (χ3v) is 11.5. The molecule has 0 saturated heterocycles. The Morgan fingerprint density at radius 3 is 1.79 bits per heavy atom. The SMILES string of the molecule is c1ccc(-c2cc3c4ccccc4nc(-c4ccc(-c5cccc(-c6nc7ccccc7c7ccc8c(c9ccccc9n8-c8ccccc8)c67)c5)cc4)n3n2)cc1. The fourth-order valence-electron chi connectivity index (χ4n) is 8.85. The van der Waals surface area contributed by atoms with Gasteiger partial charge in [0.05, 0.1) is 39.0 Å². The van der Waals surface area contributed by atoms with Gasteiger partial charge in [-0.05, 0) is 65.0 Å². The van der Waals surface area contributed by atoms with E-state index in [1.54, 1.807) is 0 Å². The maximum absolute atomic E-state index is 5.45. The van der Waals surface area contributed by atoms with E-state index in [0.717, 1.165) is 88.9 Å². The second-order valence-corrected chi connectivity index (χ2v) is 14.9. The molecule has 5 heteroatoms. The molecule has 8 aromatic carbocycles. The number of benzene rings is 8. The van der Waals surface area contributed by atoms with E-state index in [9.17, 15) is 0 Å². The van der Waals surface area contributed by atoms with Gasteiger partial charge in [0.2, 0.25) is 0 Å². The quantitative estimate of drug-likeness (QED) is 0.165. The molecule has 0 aliphatic heterocycles. The number of rotatable bonds is 5. The highest BCUT2D eigenvalue weighted by molar-refractivity contribution is 6.28. The lowest BCUT2D eigenvalue weighted by molar-refractivity contribution is 0.949. The minimum Gasteiger partial charge on any atom is -0.309 e. The summed E-state index contributed by atoms with van der Waals surface area (Å²) >= 11 is 0. The summed E-state index contributed by atoms with van der Waals surface area (Å²) in [6.45, 7) is 0. The summed E-state index contributed by atoms with van der Waals surface area (Å²) in [7, 11) is 0. The van der Waals surface area contributed by atoms with Gasteiger partial charge in [-0.15, -0.1) is 0 Å². The van der Waals surface area contributed by atoms with E-state index in [0.29, 0.717) is 0 Å². The van der Waals surface area contributed by atoms with Gasteiger partial charge in [-0.1, -0.05) is 152 Å². The molecule has 58 heavy (non-hydrogen) atoms. The molecule has 12 rings (SSSR count). The van der Waals surface area contributed by atoms with Gasteiger partial charge >= 0.3 is 0 Å². The molecule has 0 saturated carbocycles. The Kier molecular flexibility index (Phi) is 7.16. The number of aromatic nitrogens is 5. The zero-order valence-corrected chi connectivity index (χ0v) is 31.3. The van der Waals surface area contributed by atoms with Crippen LogP contribution in [0.2, 0.25) is 0 Å². The van der Waals surface area contributed by atoms with Gasteiger partial charge < -0.3 is 4.57 Å². The molecule has 0 N–H and O–H groups in total. The molecule has 0 fully saturated rings. The monoisotopic (exact) mass is 739 g/mol. The number of pyridine rings is 1. The molecule has 4 aromatic heterocycles. The van der Waals surface area contributed by atoms with Crippen LogP contribution in [0.1, 0.15) is 0 Å². The van der Waals surface area contributed by atoms with Crippen molar-refractivity contribution in [3.63, 3.8) is 0 Å². The summed E-state index contributed by atoms with van der Waals surface area (Å²) in [5.41, 5.74) is 13.7. The first kappa shape index (κ1) is 32.4. The highest BCUT2D eigenvalue weighted by Gasteiger charge is 2.20. The fraction of sp³-hybridized carbons (Fsp3) is 0. The van der Waals surface area contributed by atoms with Gasteiger partial charge in [-0.25, -0.2) is 14.5 Å². The predicted octanol–water partition coefficient (Wildman–Crippen LogP) is 13.3. The Morgan fingerprint density at radius 1 is 0.345 bits per heavy atom. The molecule has 0 aliphatic carbocycles. The standard InChI is InChI=1S/C53H33N5/c1-3-14-35(15-4-1)46-33-49-42-21-8-11-24-45(42)55-53(58(49)56-46)36-28-26-34(27-29-36)37-16-13-17-38(32-37)52-51-41(40-20-7-10-23-44(40)54-52)30-31-48-50(51)43-22-9-12-25-47(43)57(48)39-18-5-2-6-19-39/h1-33H. The van der Waals surface area contributed by atoms with Crippen molar-refractivity contribution in [2.45, 2.75) is 0 Å². The maximum atomic E-state index is 5.45. The van der Waals surface area contributed by atoms with Crippen LogP contribution in [0.25, 0.3) is 111 Å². The third kappa shape index (κ3) is 5.00. The van der Waals surface area contributed by atoms with E-state index in [-0.39, 0.29) is 0 Å². The average molecular weight is 740 g/mol. The van der Waals surface area contributed by atoms with E-state index in [4.69, 9.17) is 15.1 Å². The Hall–Kier alpha value is -7.89. The molecule has 0 bridgehead atoms. The van der Waals surface area contributed by atoms with Crippen LogP contribution >= 0.6 is 0 Å². The van der Waals surface area contributed by atoms with Crippen molar-refractivity contribution in [1.82, 2.24) is 24.1 Å². The van der Waals surface area contributed by atoms with Crippen LogP contribution < -0.4 is 0 Å². The van der Waals surface area contributed by atoms with Crippen LogP contribution in [-0.4, -0.2) is 24.1 Å². The predicted molar refractivity (Wildman–Crippen MR) is 239 cm³/mol. The fourth-order valence-corrected chi connectivity index (χ4v) is 8.85. The summed E-state index contributed by atoms with van der Waals surface area (Å²) in [6, 6.07) is 70.8. The summed E-state index contributed by atoms with van der Waals surface area (Å²) in [5, 5.41) is 12.1. The van der Waals surface area contributed by atoms with Crippen LogP contribution in [0.5, 0.6) is 0 Å². The van der Waals surface area contributed by atoms with Crippen molar-refractivity contribution < 1.29 is 0 Å². The lowest BCUT2D eigenvalue weighted by atomic mass is 9.94. The second kappa shape index (κ2) is 12.8. The molecule has 0 unspecified atom stereocenters. The van der Waals surface area contributed by atoms with E-state index >= 15 is 0 Å². The van der Waals surface area contributed by atoms with Crippen molar-refractivity contribution >= 4 is 59.9 Å². The molecule has 4 heterocycles. The summed E-state index contributed by atoms with van der Waals surface area (Å²) in [4.78, 5) is 10.6. The van der Waals surface area contributed by atoms with Crippen molar-refractivity contribution in [2.24, 2.45) is 0 Å². The van der Waals surface area contributed by atoms with Gasteiger partial charge in [0, 0.05) is 49.3 Å². The minimum atomic E-state index is 0.807. The summed E-state index contributed by atoms with van der Waals surface area (Å²) < 4.78 is 4.37. The normalized spacial score (nSPS) is 11.8. The average Bonchev–Trinajstić information content (AvgIpc) is 3.90. The van der Waals surface area contributed by atoms with Crippen molar-refractivity contribution in [2.75, 3.05) is 0 Å². The number of hydrogen-bond acceptors (Lipinski definition) is 3. The van der Waals surface area contributed by atoms with Crippen molar-refractivity contribution in [3.05, 3.63) is 200 Å². The molecule has 5 nitrogen and oxygen atoms in total. The van der Waals surface area contributed by atoms with Gasteiger partial charge in [-0.3, -0.25) is 0 Å². The first-order valence-electron chi connectivity index (χ1n) is 19.6. The van der Waals surface area contributed by atoms with E-state index in [1.807, 2.05) is 28.8 Å². The van der Waals surface area contributed by atoms with E-state index < -0.39 is 0 Å². The van der Waals surface area contributed by atoms with Gasteiger partial charge in [0.1, 0.15) is 0 Å². The molecular weight excluding hydrogens is 707 g/mol. The van der Waals surface area contributed by atoms with E-state index in [1.165, 1.54) is 21.7 Å². The topological polar surface area (TPSA) is 48.0 Å². The largest absolute Gasteiger partial charge is 0.309 e. The van der Waals surface area contributed by atoms with Gasteiger partial charge in [-0.2, -0.15) is 5.10 Å². The molecule has 0 aliphatic rings. The van der Waals surface area contributed by atoms with Crippen LogP contribution in [0.3, 0.4) is 0 Å². The summed E-state index contributed by atoms with van der Waals surface area (Å²) in [5.74, 6) is 0.807. The van der Waals surface area contributed by atoms with Crippen LogP contribution in [0.4, 0.5) is 0 Å². The summed E-state index contributed by atoms with van der Waals surface area (Å²) in [6.07, 6.45) is 0. The first-order valence-corrected chi connectivity index (χ1v) is 19.6. The number of nitrogens with zero attached hydrogens (tertiary/aromatic N) is 5. The van der Waals surface area contributed by atoms with Gasteiger partial charge in [0.25, 0.3) is 0 Å². The Balaban J connectivity index is 1.02. The minimum absolute atomic E-state index is 0.807. The molecule has 0 amide bonds. The van der Waals surface area contributed by atoms with Crippen LogP contribution in [-0.2, 0) is 0 Å². The third-order valence-electron chi connectivity index (χ3n) is 11.5. The highest BCUT2D eigenvalue weighted by Crippen LogP contribution is 2.43. The van der Waals surface area contributed by atoms with Crippen molar-refractivity contribution in [1.29, 1.82) is 0 Å². The highest BCUT2D eigenvalue weighted by atomic mass is 15.3. The Morgan fingerprint density at radius 2 is 0.983 bits per heavy atom. The Labute approximate surface area is 333 Å². The molecule has 0 atom stereocenters. The molecule has 0 spiro atoms. The zero-order valence-electron chi connectivity index (χ0n) is 31.3. The molecule has 0 radical (unpaired) electrons. The second-order valence-electron chi connectivity index (χ2n) is 14.9. The molecule has 270 valence electrons. The number of hydrogen-bond donors (Lipinski definition) is 0. The first-order chi connectivity index (χ1) is 28.8. The Bertz CT molecular complexity index is 3550. The zero-order chi connectivity index (χ0) is 38.2. The molecular formula is C53H33N5. The molecule has 12 aromatic rings. The maximum Gasteiger partial charge on any atom is 0.161 e. The van der Waals surface area contributed by atoms with Crippen LogP contribution in [0.15, 0.2) is 200 Å².